The first-order valence-corrected chi connectivity index (χ1v) is 10.1. The molecule has 0 aromatic carbocycles. The second-order valence-corrected chi connectivity index (χ2v) is 8.25. The van der Waals surface area contributed by atoms with E-state index in [9.17, 15) is 8.42 Å². The molecule has 1 aliphatic rings. The zero-order valence-corrected chi connectivity index (χ0v) is 15.8. The number of methoxy groups -OCH3 is 1. The molecule has 0 amide bonds. The molecule has 0 saturated carbocycles. The minimum absolute atomic E-state index is 0.222. The minimum Gasteiger partial charge on any atom is -0.481 e. The highest BCUT2D eigenvalue weighted by molar-refractivity contribution is 7.88. The fraction of sp³-hybridized carbons (Fsp3) is 0.562. The standard InChI is InChI=1S/C16H22N4O5S/c1-11-18-16(25-19-11)14-6-5-13(24-14)10-20(26(3,21)22)9-12-4-7-15(23-2)17-8-12/h4,7-8,13-14H,5-6,9-10H2,1-3H3/t13-,14+/m1/s1. The largest absolute Gasteiger partial charge is 0.481 e. The first-order chi connectivity index (χ1) is 12.3. The smallest absolute Gasteiger partial charge is 0.255 e. The van der Waals surface area contributed by atoms with Gasteiger partial charge in [-0.15, -0.1) is 0 Å². The summed E-state index contributed by atoms with van der Waals surface area (Å²) in [5.74, 6) is 1.48. The van der Waals surface area contributed by atoms with Crippen LogP contribution >= 0.6 is 0 Å². The van der Waals surface area contributed by atoms with E-state index in [4.69, 9.17) is 14.0 Å². The van der Waals surface area contributed by atoms with Crippen LogP contribution in [-0.4, -0.2) is 53.9 Å². The summed E-state index contributed by atoms with van der Waals surface area (Å²) in [4.78, 5) is 8.30. The Kier molecular flexibility index (Phi) is 5.54. The van der Waals surface area contributed by atoms with Crippen molar-refractivity contribution in [2.24, 2.45) is 0 Å². The number of rotatable bonds is 7. The Morgan fingerprint density at radius 3 is 2.73 bits per heavy atom. The molecule has 10 heteroatoms. The predicted octanol–water partition coefficient (Wildman–Crippen LogP) is 1.46. The third kappa shape index (κ3) is 4.57. The van der Waals surface area contributed by atoms with E-state index in [-0.39, 0.29) is 25.3 Å². The van der Waals surface area contributed by atoms with Gasteiger partial charge in [0.05, 0.1) is 19.5 Å². The molecule has 0 bridgehead atoms. The number of aromatic nitrogens is 3. The van der Waals surface area contributed by atoms with E-state index < -0.39 is 10.0 Å². The molecule has 0 N–H and O–H groups in total. The van der Waals surface area contributed by atoms with Gasteiger partial charge < -0.3 is 14.0 Å². The van der Waals surface area contributed by atoms with E-state index in [0.717, 1.165) is 12.0 Å². The molecular weight excluding hydrogens is 360 g/mol. The second kappa shape index (κ2) is 7.68. The lowest BCUT2D eigenvalue weighted by Gasteiger charge is -2.23. The molecule has 2 aromatic rings. The molecule has 1 aliphatic heterocycles. The highest BCUT2D eigenvalue weighted by Gasteiger charge is 2.33. The van der Waals surface area contributed by atoms with E-state index in [1.54, 1.807) is 25.3 Å². The Morgan fingerprint density at radius 1 is 1.35 bits per heavy atom. The molecule has 0 radical (unpaired) electrons. The van der Waals surface area contributed by atoms with Crippen LogP contribution < -0.4 is 4.74 Å². The van der Waals surface area contributed by atoms with Crippen molar-refractivity contribution >= 4 is 10.0 Å². The third-order valence-electron chi connectivity index (χ3n) is 4.17. The Labute approximate surface area is 152 Å². The van der Waals surface area contributed by atoms with Crippen molar-refractivity contribution < 1.29 is 22.4 Å². The first-order valence-electron chi connectivity index (χ1n) is 8.25. The fourth-order valence-electron chi connectivity index (χ4n) is 2.84. The molecule has 1 fully saturated rings. The lowest BCUT2D eigenvalue weighted by atomic mass is 10.2. The van der Waals surface area contributed by atoms with Crippen molar-refractivity contribution in [2.45, 2.75) is 38.5 Å². The van der Waals surface area contributed by atoms with Gasteiger partial charge in [0.15, 0.2) is 5.82 Å². The van der Waals surface area contributed by atoms with Crippen molar-refractivity contribution in [3.8, 4) is 5.88 Å². The number of hydrogen-bond acceptors (Lipinski definition) is 8. The molecule has 0 unspecified atom stereocenters. The van der Waals surface area contributed by atoms with E-state index in [0.29, 0.717) is 24.0 Å². The van der Waals surface area contributed by atoms with Crippen LogP contribution in [0.5, 0.6) is 5.88 Å². The molecule has 0 spiro atoms. The first kappa shape index (κ1) is 18.7. The Morgan fingerprint density at radius 2 is 2.15 bits per heavy atom. The Hall–Kier alpha value is -2.04. The molecule has 3 rings (SSSR count). The van der Waals surface area contributed by atoms with Gasteiger partial charge in [-0.25, -0.2) is 13.4 Å². The number of nitrogens with zero attached hydrogens (tertiary/aromatic N) is 4. The molecule has 3 heterocycles. The molecule has 2 atom stereocenters. The second-order valence-electron chi connectivity index (χ2n) is 6.27. The summed E-state index contributed by atoms with van der Waals surface area (Å²) < 4.78 is 41.9. The van der Waals surface area contributed by atoms with Crippen molar-refractivity contribution in [3.05, 3.63) is 35.6 Å². The molecule has 142 valence electrons. The lowest BCUT2D eigenvalue weighted by molar-refractivity contribution is 0.0172. The monoisotopic (exact) mass is 382 g/mol. The fourth-order valence-corrected chi connectivity index (χ4v) is 3.66. The average molecular weight is 382 g/mol. The van der Waals surface area contributed by atoms with Crippen LogP contribution in [0.1, 0.15) is 36.2 Å². The van der Waals surface area contributed by atoms with Gasteiger partial charge >= 0.3 is 0 Å². The number of aryl methyl sites for hydroxylation is 1. The van der Waals surface area contributed by atoms with Crippen molar-refractivity contribution in [1.29, 1.82) is 0 Å². The summed E-state index contributed by atoms with van der Waals surface area (Å²) in [6.45, 7) is 2.22. The normalized spacial score (nSPS) is 20.6. The highest BCUT2D eigenvalue weighted by Crippen LogP contribution is 2.32. The highest BCUT2D eigenvalue weighted by atomic mass is 32.2. The molecular formula is C16H22N4O5S. The quantitative estimate of drug-likeness (QED) is 0.708. The Balaban J connectivity index is 1.65. The number of ether oxygens (including phenoxy) is 2. The zero-order chi connectivity index (χ0) is 18.7. The predicted molar refractivity (Wildman–Crippen MR) is 91.9 cm³/mol. The van der Waals surface area contributed by atoms with Crippen molar-refractivity contribution in [1.82, 2.24) is 19.4 Å². The molecule has 26 heavy (non-hydrogen) atoms. The van der Waals surface area contributed by atoms with Crippen LogP contribution in [0.15, 0.2) is 22.9 Å². The van der Waals surface area contributed by atoms with E-state index in [2.05, 4.69) is 15.1 Å². The van der Waals surface area contributed by atoms with Crippen LogP contribution in [0.25, 0.3) is 0 Å². The summed E-state index contributed by atoms with van der Waals surface area (Å²) >= 11 is 0. The topological polar surface area (TPSA) is 108 Å². The maximum Gasteiger partial charge on any atom is 0.255 e. The average Bonchev–Trinajstić information content (AvgIpc) is 3.23. The van der Waals surface area contributed by atoms with Gasteiger partial charge in [-0.2, -0.15) is 9.29 Å². The van der Waals surface area contributed by atoms with Gasteiger partial charge in [0.1, 0.15) is 6.10 Å². The zero-order valence-electron chi connectivity index (χ0n) is 15.0. The maximum atomic E-state index is 12.2. The van der Waals surface area contributed by atoms with Gasteiger partial charge in [-0.05, 0) is 25.3 Å². The Bertz CT molecular complexity index is 837. The molecule has 2 aromatic heterocycles. The summed E-state index contributed by atoms with van der Waals surface area (Å²) in [6.07, 6.45) is 3.72. The molecule has 9 nitrogen and oxygen atoms in total. The SMILES string of the molecule is COc1ccc(CN(C[C@H]2CC[C@@H](c3nc(C)no3)O2)S(C)(=O)=O)cn1. The third-order valence-corrected chi connectivity index (χ3v) is 5.38. The molecule has 0 aliphatic carbocycles. The van der Waals surface area contributed by atoms with Gasteiger partial charge in [-0.1, -0.05) is 11.2 Å². The summed E-state index contributed by atoms with van der Waals surface area (Å²) in [5, 5.41) is 3.77. The van der Waals surface area contributed by atoms with Gasteiger partial charge in [-0.3, -0.25) is 0 Å². The van der Waals surface area contributed by atoms with Gasteiger partial charge in [0.2, 0.25) is 15.9 Å². The number of pyridine rings is 1. The number of hydrogen-bond donors (Lipinski definition) is 0. The van der Waals surface area contributed by atoms with Crippen LogP contribution in [0, 0.1) is 6.92 Å². The maximum absolute atomic E-state index is 12.2. The lowest BCUT2D eigenvalue weighted by Crippen LogP contribution is -2.36. The minimum atomic E-state index is -3.40. The van der Waals surface area contributed by atoms with Crippen LogP contribution in [0.3, 0.4) is 0 Å². The van der Waals surface area contributed by atoms with Gasteiger partial charge in [0.25, 0.3) is 5.89 Å². The summed E-state index contributed by atoms with van der Waals surface area (Å²) in [7, 11) is -1.87. The van der Waals surface area contributed by atoms with Gasteiger partial charge in [0, 0.05) is 25.4 Å². The van der Waals surface area contributed by atoms with E-state index in [1.807, 2.05) is 0 Å². The van der Waals surface area contributed by atoms with E-state index in [1.165, 1.54) is 17.7 Å². The molecule has 1 saturated heterocycles. The summed E-state index contributed by atoms with van der Waals surface area (Å²) in [5.41, 5.74) is 0.776. The number of sulfonamides is 1. The van der Waals surface area contributed by atoms with Crippen molar-refractivity contribution in [3.63, 3.8) is 0 Å². The van der Waals surface area contributed by atoms with Crippen LogP contribution in [0.2, 0.25) is 0 Å². The van der Waals surface area contributed by atoms with Crippen molar-refractivity contribution in [2.75, 3.05) is 19.9 Å². The van der Waals surface area contributed by atoms with E-state index >= 15 is 0 Å². The van der Waals surface area contributed by atoms with Crippen LogP contribution in [-0.2, 0) is 21.3 Å². The van der Waals surface area contributed by atoms with Crippen LogP contribution in [0.4, 0.5) is 0 Å². The summed E-state index contributed by atoms with van der Waals surface area (Å²) in [6, 6.07) is 3.50.